The lowest BCUT2D eigenvalue weighted by molar-refractivity contribution is -0.135. The summed E-state index contributed by atoms with van der Waals surface area (Å²) in [6.07, 6.45) is 11.3. The number of carbonyl (C=O) groups is 1. The third-order valence-electron chi connectivity index (χ3n) is 4.07. The van der Waals surface area contributed by atoms with E-state index in [-0.39, 0.29) is 11.9 Å². The number of hydrogen-bond donors (Lipinski definition) is 0. The fraction of sp³-hybridized carbons (Fsp3) is 0.600. The number of allylic oxidation sites excluding steroid dienone is 1. The molecule has 0 aliphatic heterocycles. The van der Waals surface area contributed by atoms with Gasteiger partial charge in [-0.05, 0) is 38.9 Å². The van der Waals surface area contributed by atoms with E-state index in [2.05, 4.69) is 23.9 Å². The summed E-state index contributed by atoms with van der Waals surface area (Å²) in [4.78, 5) is 18.6. The molecule has 1 heterocycles. The molecule has 1 unspecified atom stereocenters. The van der Waals surface area contributed by atoms with Gasteiger partial charge in [0.2, 0.25) is 5.89 Å². The molecule has 1 aromatic rings. The van der Waals surface area contributed by atoms with Gasteiger partial charge in [0.25, 0.3) is 0 Å². The van der Waals surface area contributed by atoms with Crippen LogP contribution in [0.15, 0.2) is 40.2 Å². The standard InChI is InChI=1S/C18H26N2O3.C2H6/c1-4-5-9-20(2)13-14-6-7-15(17-19-8-10-23-17)12-16(11-14)18(21)22-3;1-2/h8,10-12,15H,4-7,9,13H2,1-3H3;1-2H3. The molecule has 0 saturated carbocycles. The molecule has 0 bridgehead atoms. The molecule has 25 heavy (non-hydrogen) atoms. The highest BCUT2D eigenvalue weighted by Crippen LogP contribution is 2.29. The van der Waals surface area contributed by atoms with E-state index in [0.717, 1.165) is 25.9 Å². The van der Waals surface area contributed by atoms with Crippen molar-refractivity contribution in [3.8, 4) is 0 Å². The van der Waals surface area contributed by atoms with Crippen LogP contribution in [0.5, 0.6) is 0 Å². The molecule has 1 atom stereocenters. The Bertz CT molecular complexity index is 562. The van der Waals surface area contributed by atoms with Gasteiger partial charge in [-0.25, -0.2) is 9.78 Å². The average Bonchev–Trinajstić information content (AvgIpc) is 3.09. The fourth-order valence-electron chi connectivity index (χ4n) is 2.82. The SMILES string of the molecule is CC.CCCCN(C)CC1=CC(C(=O)OC)=CC(c2ncco2)CC1. The molecule has 0 radical (unpaired) electrons. The predicted molar refractivity (Wildman–Crippen MR) is 100 cm³/mol. The minimum atomic E-state index is -0.308. The van der Waals surface area contributed by atoms with Crippen LogP contribution in [0.1, 0.15) is 58.3 Å². The number of unbranched alkanes of at least 4 members (excludes halogenated alkanes) is 1. The van der Waals surface area contributed by atoms with E-state index in [1.54, 1.807) is 12.5 Å². The summed E-state index contributed by atoms with van der Waals surface area (Å²) < 4.78 is 10.3. The zero-order valence-electron chi connectivity index (χ0n) is 16.2. The molecule has 0 fully saturated rings. The fourth-order valence-corrected chi connectivity index (χ4v) is 2.82. The molecule has 1 aromatic heterocycles. The summed E-state index contributed by atoms with van der Waals surface area (Å²) in [7, 11) is 3.53. The number of aromatic nitrogens is 1. The number of carbonyl (C=O) groups excluding carboxylic acids is 1. The van der Waals surface area contributed by atoms with Crippen molar-refractivity contribution in [1.29, 1.82) is 0 Å². The van der Waals surface area contributed by atoms with Gasteiger partial charge in [0.15, 0.2) is 0 Å². The molecule has 2 rings (SSSR count). The Hall–Kier alpha value is -1.88. The highest BCUT2D eigenvalue weighted by atomic mass is 16.5. The number of rotatable bonds is 7. The van der Waals surface area contributed by atoms with Gasteiger partial charge in [-0.2, -0.15) is 0 Å². The van der Waals surface area contributed by atoms with Gasteiger partial charge < -0.3 is 14.1 Å². The zero-order chi connectivity index (χ0) is 18.7. The second kappa shape index (κ2) is 11.6. The van der Waals surface area contributed by atoms with Gasteiger partial charge >= 0.3 is 5.97 Å². The van der Waals surface area contributed by atoms with Crippen LogP contribution in [0.2, 0.25) is 0 Å². The van der Waals surface area contributed by atoms with Gasteiger partial charge in [0.05, 0.1) is 24.8 Å². The maximum Gasteiger partial charge on any atom is 0.337 e. The molecule has 0 N–H and O–H groups in total. The van der Waals surface area contributed by atoms with Crippen molar-refractivity contribution in [3.63, 3.8) is 0 Å². The third-order valence-corrected chi connectivity index (χ3v) is 4.07. The lowest BCUT2D eigenvalue weighted by atomic mass is 10.0. The minimum absolute atomic E-state index is 0.00815. The Balaban J connectivity index is 0.00000151. The molecule has 0 amide bonds. The van der Waals surface area contributed by atoms with Crippen molar-refractivity contribution in [2.24, 2.45) is 0 Å². The molecular weight excluding hydrogens is 316 g/mol. The normalized spacial score (nSPS) is 17.1. The van der Waals surface area contributed by atoms with Crippen molar-refractivity contribution in [3.05, 3.63) is 41.6 Å². The molecule has 1 aliphatic carbocycles. The Morgan fingerprint density at radius 1 is 1.44 bits per heavy atom. The van der Waals surface area contributed by atoms with Crippen LogP contribution in [0.4, 0.5) is 0 Å². The van der Waals surface area contributed by atoms with E-state index < -0.39 is 0 Å². The first-order valence-electron chi connectivity index (χ1n) is 9.21. The van der Waals surface area contributed by atoms with Crippen molar-refractivity contribution in [2.45, 2.75) is 52.4 Å². The first kappa shape index (κ1) is 21.2. The summed E-state index contributed by atoms with van der Waals surface area (Å²) in [6, 6.07) is 0. The lowest BCUT2D eigenvalue weighted by Gasteiger charge is -2.18. The van der Waals surface area contributed by atoms with Crippen LogP contribution in [0, 0.1) is 0 Å². The summed E-state index contributed by atoms with van der Waals surface area (Å²) in [5.41, 5.74) is 1.83. The Kier molecular flexibility index (Phi) is 9.85. The Morgan fingerprint density at radius 2 is 2.20 bits per heavy atom. The first-order valence-corrected chi connectivity index (χ1v) is 9.21. The first-order chi connectivity index (χ1) is 12.1. The van der Waals surface area contributed by atoms with Crippen molar-refractivity contribution >= 4 is 5.97 Å². The molecule has 5 heteroatoms. The van der Waals surface area contributed by atoms with Crippen molar-refractivity contribution < 1.29 is 13.9 Å². The van der Waals surface area contributed by atoms with Crippen LogP contribution in [-0.2, 0) is 9.53 Å². The topological polar surface area (TPSA) is 55.6 Å². The van der Waals surface area contributed by atoms with E-state index in [1.165, 1.54) is 25.5 Å². The maximum atomic E-state index is 12.0. The number of nitrogens with zero attached hydrogens (tertiary/aromatic N) is 2. The Labute approximate surface area is 151 Å². The van der Waals surface area contributed by atoms with Crippen LogP contribution in [-0.4, -0.2) is 43.1 Å². The van der Waals surface area contributed by atoms with E-state index in [9.17, 15) is 4.79 Å². The van der Waals surface area contributed by atoms with E-state index >= 15 is 0 Å². The predicted octanol–water partition coefficient (Wildman–Crippen LogP) is 4.34. The van der Waals surface area contributed by atoms with Gasteiger partial charge in [-0.15, -0.1) is 0 Å². The number of hydrogen-bond acceptors (Lipinski definition) is 5. The summed E-state index contributed by atoms with van der Waals surface area (Å²) in [5, 5.41) is 0. The highest BCUT2D eigenvalue weighted by Gasteiger charge is 2.21. The van der Waals surface area contributed by atoms with Crippen molar-refractivity contribution in [2.75, 3.05) is 27.2 Å². The summed E-state index contributed by atoms with van der Waals surface area (Å²) >= 11 is 0. The van der Waals surface area contributed by atoms with Gasteiger partial charge in [-0.3, -0.25) is 0 Å². The number of methoxy groups -OCH3 is 1. The van der Waals surface area contributed by atoms with Gasteiger partial charge in [0.1, 0.15) is 6.26 Å². The van der Waals surface area contributed by atoms with Crippen molar-refractivity contribution in [1.82, 2.24) is 9.88 Å². The number of likely N-dealkylation sites (N-methyl/N-ethyl adjacent to an activating group) is 1. The minimum Gasteiger partial charge on any atom is -0.465 e. The van der Waals surface area contributed by atoms with Crippen LogP contribution in [0.25, 0.3) is 0 Å². The Morgan fingerprint density at radius 3 is 2.80 bits per heavy atom. The smallest absolute Gasteiger partial charge is 0.337 e. The average molecular weight is 348 g/mol. The number of ether oxygens (including phenoxy) is 1. The molecule has 140 valence electrons. The van der Waals surface area contributed by atoms with E-state index in [1.807, 2.05) is 26.0 Å². The van der Waals surface area contributed by atoms with Crippen LogP contribution >= 0.6 is 0 Å². The molecule has 0 saturated heterocycles. The highest BCUT2D eigenvalue weighted by molar-refractivity contribution is 5.91. The lowest BCUT2D eigenvalue weighted by Crippen LogP contribution is -2.22. The number of esters is 1. The van der Waals surface area contributed by atoms with E-state index in [0.29, 0.717) is 11.5 Å². The second-order valence-electron chi connectivity index (χ2n) is 6.02. The molecule has 1 aliphatic rings. The summed E-state index contributed by atoms with van der Waals surface area (Å²) in [6.45, 7) is 8.12. The van der Waals surface area contributed by atoms with Crippen LogP contribution in [0.3, 0.4) is 0 Å². The third kappa shape index (κ3) is 6.86. The van der Waals surface area contributed by atoms with E-state index in [4.69, 9.17) is 9.15 Å². The van der Waals surface area contributed by atoms with Crippen LogP contribution < -0.4 is 0 Å². The zero-order valence-corrected chi connectivity index (χ0v) is 16.2. The largest absolute Gasteiger partial charge is 0.465 e. The molecule has 5 nitrogen and oxygen atoms in total. The second-order valence-corrected chi connectivity index (χ2v) is 6.02. The maximum absolute atomic E-state index is 12.0. The summed E-state index contributed by atoms with van der Waals surface area (Å²) in [5.74, 6) is 0.353. The number of oxazole rings is 1. The molecular formula is C20H32N2O3. The molecule has 0 spiro atoms. The monoisotopic (exact) mass is 348 g/mol. The van der Waals surface area contributed by atoms with Gasteiger partial charge in [0, 0.05) is 6.54 Å². The van der Waals surface area contributed by atoms with Gasteiger partial charge in [-0.1, -0.05) is 38.8 Å². The molecule has 0 aromatic carbocycles. The quantitative estimate of drug-likeness (QED) is 0.686.